The predicted molar refractivity (Wildman–Crippen MR) is 337 cm³/mol. The van der Waals surface area contributed by atoms with E-state index in [4.69, 9.17) is 0 Å². The van der Waals surface area contributed by atoms with Crippen molar-refractivity contribution in [3.05, 3.63) is 142 Å². The number of benzene rings is 4. The standard InChI is InChI=1S/4C14H24Si2.4Sn/c4*1-15(2,3)11-13-9-7-8-10-14(13)12-16(4,5)6;;;;/h4*7-12H,1-6H3;;;;. The van der Waals surface area contributed by atoms with Crippen LogP contribution in [0.4, 0.5) is 0 Å². The Balaban J connectivity index is 0.000000169. The number of rotatable bonds is 8. The van der Waals surface area contributed by atoms with Gasteiger partial charge in [-0.2, -0.15) is 0 Å². The summed E-state index contributed by atoms with van der Waals surface area (Å²) in [4.78, 5) is 0. The van der Waals surface area contributed by atoms with Crippen LogP contribution in [0, 0.1) is 0 Å². The fourth-order valence-electron chi connectivity index (χ4n) is 11.3. The molecule has 0 N–H and O–H groups in total. The predicted octanol–water partition coefficient (Wildman–Crippen LogP) is 17.0. The van der Waals surface area contributed by atoms with Crippen molar-refractivity contribution in [1.29, 1.82) is 0 Å². The fraction of sp³-hybridized carbons (Fsp3) is 0.571. The van der Waals surface area contributed by atoms with E-state index in [-0.39, 0.29) is 84.6 Å². The second kappa shape index (κ2) is 22.8. The van der Waals surface area contributed by atoms with Gasteiger partial charge in [-0.3, -0.25) is 0 Å². The molecule has 0 fully saturated rings. The Kier molecular flexibility index (Phi) is 20.3. The molecule has 0 nitrogen and oxygen atoms in total. The number of hydrogen-bond acceptors (Lipinski definition) is 0. The van der Waals surface area contributed by atoms with Crippen LogP contribution in [0.25, 0.3) is 0 Å². The van der Waals surface area contributed by atoms with Crippen molar-refractivity contribution >= 4 is 149 Å². The maximum atomic E-state index is 2.57. The summed E-state index contributed by atoms with van der Waals surface area (Å²) in [5, 5.41) is 0. The van der Waals surface area contributed by atoms with Gasteiger partial charge in [-0.05, 0) is 0 Å². The van der Waals surface area contributed by atoms with Crippen LogP contribution in [-0.4, -0.2) is 149 Å². The van der Waals surface area contributed by atoms with Crippen LogP contribution in [0.5, 0.6) is 0 Å². The van der Waals surface area contributed by atoms with E-state index in [0.29, 0.717) is 0 Å². The van der Waals surface area contributed by atoms with Crippen LogP contribution < -0.4 is 0 Å². The van der Waals surface area contributed by atoms with E-state index in [9.17, 15) is 0 Å². The van der Waals surface area contributed by atoms with Gasteiger partial charge in [-0.25, -0.2) is 0 Å². The van der Waals surface area contributed by atoms with E-state index in [2.05, 4.69) is 254 Å². The zero-order valence-electron chi connectivity index (χ0n) is 47.9. The molecule has 4 aromatic carbocycles. The van der Waals surface area contributed by atoms with Gasteiger partial charge in [0.1, 0.15) is 0 Å². The minimum absolute atomic E-state index is 0.281. The molecule has 0 spiro atoms. The van der Waals surface area contributed by atoms with Crippen molar-refractivity contribution in [2.75, 3.05) is 0 Å². The molecule has 0 bridgehead atoms. The van der Waals surface area contributed by atoms with Crippen molar-refractivity contribution < 1.29 is 0 Å². The summed E-state index contributed by atoms with van der Waals surface area (Å²) in [6, 6.07) is 37.6. The Morgan fingerprint density at radius 3 is 0.353 bits per heavy atom. The van der Waals surface area contributed by atoms with E-state index in [1.165, 1.54) is 0 Å². The van der Waals surface area contributed by atoms with Gasteiger partial charge in [0.2, 0.25) is 0 Å². The summed E-state index contributed by atoms with van der Waals surface area (Å²) < 4.78 is 8.44. The molecule has 0 saturated carbocycles. The quantitative estimate of drug-likeness (QED) is 0.154. The van der Waals surface area contributed by atoms with Gasteiger partial charge in [0.05, 0.1) is 0 Å². The third-order valence-electron chi connectivity index (χ3n) is 14.7. The minimum atomic E-state index is -0.998. The third-order valence-corrected chi connectivity index (χ3v) is 114. The second-order valence-electron chi connectivity index (χ2n) is 29.6. The van der Waals surface area contributed by atoms with Gasteiger partial charge >= 0.3 is 476 Å². The molecular weight excluding hydrogens is 1370 g/mol. The molecule has 68 heavy (non-hydrogen) atoms. The van der Waals surface area contributed by atoms with Crippen molar-refractivity contribution in [1.82, 2.24) is 0 Å². The van der Waals surface area contributed by atoms with E-state index in [1.807, 2.05) is 0 Å². The van der Waals surface area contributed by atoms with Crippen LogP contribution in [0.15, 0.2) is 97.1 Å². The zero-order chi connectivity index (χ0) is 51.4. The molecule has 368 valence electrons. The molecule has 8 unspecified atom stereocenters. The van der Waals surface area contributed by atoms with E-state index >= 15 is 0 Å². The monoisotopic (exact) mass is 1470 g/mol. The van der Waals surface area contributed by atoms with Crippen LogP contribution in [-0.2, 0) is 0 Å². The van der Waals surface area contributed by atoms with E-state index < -0.39 is 64.6 Å². The molecule has 0 aliphatic carbocycles. The van der Waals surface area contributed by atoms with Gasteiger partial charge in [0, 0.05) is 0 Å². The molecular formula is C56H96Si8Sn4. The van der Waals surface area contributed by atoms with Crippen LogP contribution in [0.1, 0.15) is 73.0 Å². The second-order valence-corrected chi connectivity index (χ2v) is 102. The Bertz CT molecular complexity index is 1830. The summed E-state index contributed by atoms with van der Waals surface area (Å²) in [6.07, 6.45) is 0. The van der Waals surface area contributed by atoms with Gasteiger partial charge in [-0.1, -0.05) is 0 Å². The Morgan fingerprint density at radius 2 is 0.279 bits per heavy atom. The van der Waals surface area contributed by atoms with E-state index in [1.54, 1.807) is 44.5 Å². The molecule has 4 aliphatic rings. The molecule has 0 saturated heterocycles. The first-order valence-electron chi connectivity index (χ1n) is 26.2. The molecule has 8 radical (unpaired) electrons. The molecule has 4 aromatic rings. The van der Waals surface area contributed by atoms with Crippen LogP contribution in [0.3, 0.4) is 0 Å². The summed E-state index contributed by atoms with van der Waals surface area (Å²) in [7, 11) is -7.99. The van der Waals surface area contributed by atoms with Gasteiger partial charge in [0.25, 0.3) is 0 Å². The first kappa shape index (κ1) is 60.7. The maximum absolute atomic E-state index is 2.57. The summed E-state index contributed by atoms with van der Waals surface area (Å²) in [5.41, 5.74) is 14.2. The molecule has 4 heterocycles. The van der Waals surface area contributed by atoms with Gasteiger partial charge in [-0.15, -0.1) is 0 Å². The van der Waals surface area contributed by atoms with E-state index in [0.717, 1.165) is 28.5 Å². The Hall–Kier alpha value is 1.81. The SMILES string of the molecule is C[Si](C)(C)[CH]1[Sn][CH]([Si](C)(C)C)c2ccccc21.C[Si](C)(C)[CH]1[Sn][CH]([Si](C)(C)C)c2ccccc21.C[Si](C)(C)[CH]1[Sn][CH]([Si](C)(C)C)c2ccccc21.C[Si](C)(C)[CH]1[Sn][CH]([Si](C)(C)C)c2ccccc21. The first-order chi connectivity index (χ1) is 30.8. The summed E-state index contributed by atoms with van der Waals surface area (Å²) in [6.45, 7) is 61.7. The Morgan fingerprint density at radius 1 is 0.191 bits per heavy atom. The fourth-order valence-corrected chi connectivity index (χ4v) is 86.4. The average Bonchev–Trinajstić information content (AvgIpc) is 3.97. The average molecular weight is 1470 g/mol. The molecule has 8 atom stereocenters. The van der Waals surface area contributed by atoms with Crippen molar-refractivity contribution in [2.24, 2.45) is 0 Å². The molecule has 0 amide bonds. The van der Waals surface area contributed by atoms with Crippen LogP contribution >= 0.6 is 0 Å². The number of fused-ring (bicyclic) bond motifs is 4. The van der Waals surface area contributed by atoms with Gasteiger partial charge in [0.15, 0.2) is 0 Å². The molecule has 4 aliphatic heterocycles. The normalized spacial score (nSPS) is 24.8. The Labute approximate surface area is 470 Å². The third kappa shape index (κ3) is 15.1. The summed E-state index contributed by atoms with van der Waals surface area (Å²) >= 11 is -1.13. The number of hydrogen-bond donors (Lipinski definition) is 0. The zero-order valence-corrected chi connectivity index (χ0v) is 67.3. The van der Waals surface area contributed by atoms with Crippen molar-refractivity contribution in [3.63, 3.8) is 0 Å². The van der Waals surface area contributed by atoms with Crippen molar-refractivity contribution in [2.45, 2.75) is 186 Å². The molecule has 8 rings (SSSR count). The van der Waals surface area contributed by atoms with Crippen LogP contribution in [0.2, 0.25) is 157 Å². The molecule has 12 heteroatoms. The molecule has 0 aromatic heterocycles. The van der Waals surface area contributed by atoms with Gasteiger partial charge < -0.3 is 0 Å². The summed E-state index contributed by atoms with van der Waals surface area (Å²) in [5.74, 6) is 0. The first-order valence-corrected chi connectivity index (χ1v) is 68.0. The topological polar surface area (TPSA) is 0 Å². The van der Waals surface area contributed by atoms with Crippen molar-refractivity contribution in [3.8, 4) is 0 Å².